The summed E-state index contributed by atoms with van der Waals surface area (Å²) in [5.74, 6) is 0. The maximum atomic E-state index is 12.4. The van der Waals surface area contributed by atoms with Crippen molar-refractivity contribution < 1.29 is 8.42 Å². The van der Waals surface area contributed by atoms with Crippen LogP contribution in [0.5, 0.6) is 0 Å². The number of rotatable bonds is 4. The molecule has 0 bridgehead atoms. The zero-order chi connectivity index (χ0) is 15.6. The van der Waals surface area contributed by atoms with Crippen LogP contribution in [0.15, 0.2) is 42.1 Å². The third kappa shape index (κ3) is 3.26. The highest BCUT2D eigenvalue weighted by Gasteiger charge is 2.31. The van der Waals surface area contributed by atoms with Gasteiger partial charge in [-0.2, -0.15) is 19.3 Å². The van der Waals surface area contributed by atoms with Crippen LogP contribution < -0.4 is 0 Å². The fraction of sp³-hybridized carbons (Fsp3) is 0.333. The summed E-state index contributed by atoms with van der Waals surface area (Å²) >= 11 is 0. The molecule has 1 aromatic heterocycles. The van der Waals surface area contributed by atoms with E-state index in [0.29, 0.717) is 13.1 Å². The lowest BCUT2D eigenvalue weighted by atomic mass is 10.2. The number of hydrogen-bond donors (Lipinski definition) is 0. The highest BCUT2D eigenvalue weighted by atomic mass is 32.2. The number of nitrogens with zero attached hydrogens (tertiary/aromatic N) is 4. The van der Waals surface area contributed by atoms with E-state index in [4.69, 9.17) is 0 Å². The van der Waals surface area contributed by atoms with Gasteiger partial charge in [0.1, 0.15) is 0 Å². The number of aryl methyl sites for hydroxylation is 1. The van der Waals surface area contributed by atoms with E-state index in [1.165, 1.54) is 9.71 Å². The Bertz CT molecular complexity index is 751. The van der Waals surface area contributed by atoms with Crippen LogP contribution in [0.1, 0.15) is 23.6 Å². The molecule has 1 fully saturated rings. The van der Waals surface area contributed by atoms with Crippen molar-refractivity contribution in [3.05, 3.63) is 53.2 Å². The van der Waals surface area contributed by atoms with Crippen molar-refractivity contribution in [3.63, 3.8) is 0 Å². The zero-order valence-corrected chi connectivity index (χ0v) is 13.1. The maximum Gasteiger partial charge on any atom is 0.236 e. The van der Waals surface area contributed by atoms with Gasteiger partial charge in [0.05, 0.1) is 18.4 Å². The van der Waals surface area contributed by atoms with Gasteiger partial charge in [-0.15, -0.1) is 0 Å². The molecule has 6 nitrogen and oxygen atoms in total. The van der Waals surface area contributed by atoms with Crippen molar-refractivity contribution >= 4 is 16.1 Å². The third-order valence-corrected chi connectivity index (χ3v) is 5.29. The molecule has 0 aliphatic carbocycles. The molecule has 1 unspecified atom stereocenters. The van der Waals surface area contributed by atoms with Crippen LogP contribution in [0.2, 0.25) is 0 Å². The molecule has 3 rings (SSSR count). The van der Waals surface area contributed by atoms with E-state index >= 15 is 0 Å². The van der Waals surface area contributed by atoms with E-state index in [0.717, 1.165) is 17.5 Å². The Labute approximate surface area is 130 Å². The van der Waals surface area contributed by atoms with Gasteiger partial charge >= 0.3 is 0 Å². The van der Waals surface area contributed by atoms with Crippen LogP contribution in [0.25, 0.3) is 6.08 Å². The smallest absolute Gasteiger partial charge is 0.208 e. The first-order valence-corrected chi connectivity index (χ1v) is 8.66. The van der Waals surface area contributed by atoms with Crippen LogP contribution in [-0.2, 0) is 10.0 Å². The van der Waals surface area contributed by atoms with Crippen LogP contribution in [-0.4, -0.2) is 40.8 Å². The zero-order valence-electron chi connectivity index (χ0n) is 12.3. The van der Waals surface area contributed by atoms with Crippen LogP contribution in [0.3, 0.4) is 0 Å². The summed E-state index contributed by atoms with van der Waals surface area (Å²) < 4.78 is 26.2. The molecule has 0 saturated carbocycles. The number of aromatic nitrogens is 3. The Morgan fingerprint density at radius 3 is 2.55 bits per heavy atom. The van der Waals surface area contributed by atoms with E-state index in [9.17, 15) is 8.42 Å². The lowest BCUT2D eigenvalue weighted by Crippen LogP contribution is -2.27. The second-order valence-electron chi connectivity index (χ2n) is 5.41. The minimum atomic E-state index is -3.41. The summed E-state index contributed by atoms with van der Waals surface area (Å²) in [6, 6.07) is 7.74. The fourth-order valence-corrected chi connectivity index (χ4v) is 3.71. The van der Waals surface area contributed by atoms with Gasteiger partial charge in [0, 0.05) is 18.5 Å². The minimum Gasteiger partial charge on any atom is -0.208 e. The van der Waals surface area contributed by atoms with E-state index < -0.39 is 10.0 Å². The van der Waals surface area contributed by atoms with Crippen molar-refractivity contribution in [1.29, 1.82) is 0 Å². The van der Waals surface area contributed by atoms with Crippen molar-refractivity contribution in [1.82, 2.24) is 19.3 Å². The fourth-order valence-electron chi connectivity index (χ4n) is 2.47. The van der Waals surface area contributed by atoms with Crippen molar-refractivity contribution in [2.75, 3.05) is 13.1 Å². The largest absolute Gasteiger partial charge is 0.236 e. The molecule has 1 saturated heterocycles. The Hall–Kier alpha value is -1.99. The highest BCUT2D eigenvalue weighted by molar-refractivity contribution is 7.92. The molecule has 1 aliphatic heterocycles. The monoisotopic (exact) mass is 318 g/mol. The van der Waals surface area contributed by atoms with Crippen LogP contribution in [0.4, 0.5) is 0 Å². The summed E-state index contributed by atoms with van der Waals surface area (Å²) in [5.41, 5.74) is 2.02. The van der Waals surface area contributed by atoms with Gasteiger partial charge in [-0.05, 0) is 25.0 Å². The minimum absolute atomic E-state index is 0.0116. The number of hydrogen-bond acceptors (Lipinski definition) is 4. The quantitative estimate of drug-likeness (QED) is 0.862. The van der Waals surface area contributed by atoms with E-state index in [1.807, 2.05) is 31.2 Å². The van der Waals surface area contributed by atoms with Crippen molar-refractivity contribution in [2.24, 2.45) is 0 Å². The average Bonchev–Trinajstić information content (AvgIpc) is 3.18. The summed E-state index contributed by atoms with van der Waals surface area (Å²) in [4.78, 5) is 1.58. The molecule has 1 aliphatic rings. The van der Waals surface area contributed by atoms with Crippen LogP contribution in [0, 0.1) is 6.92 Å². The highest BCUT2D eigenvalue weighted by Crippen LogP contribution is 2.23. The molecule has 2 heterocycles. The lowest BCUT2D eigenvalue weighted by molar-refractivity contribution is 0.405. The Morgan fingerprint density at radius 1 is 1.18 bits per heavy atom. The van der Waals surface area contributed by atoms with E-state index in [1.54, 1.807) is 23.3 Å². The number of benzene rings is 1. The first-order valence-electron chi connectivity index (χ1n) is 7.15. The molecule has 1 atom stereocenters. The predicted octanol–water partition coefficient (Wildman–Crippen LogP) is 1.83. The summed E-state index contributed by atoms with van der Waals surface area (Å²) in [6.07, 6.45) is 5.57. The van der Waals surface area contributed by atoms with Crippen LogP contribution >= 0.6 is 0 Å². The van der Waals surface area contributed by atoms with Gasteiger partial charge in [-0.3, -0.25) is 0 Å². The second kappa shape index (κ2) is 6.02. The Kier molecular flexibility index (Phi) is 4.08. The molecular formula is C15H18N4O2S. The average molecular weight is 318 g/mol. The van der Waals surface area contributed by atoms with Gasteiger partial charge in [-0.25, -0.2) is 8.42 Å². The van der Waals surface area contributed by atoms with Gasteiger partial charge < -0.3 is 0 Å². The molecule has 22 heavy (non-hydrogen) atoms. The van der Waals surface area contributed by atoms with Gasteiger partial charge in [-0.1, -0.05) is 29.8 Å². The molecule has 116 valence electrons. The Balaban J connectivity index is 1.70. The summed E-state index contributed by atoms with van der Waals surface area (Å²) in [7, 11) is -3.41. The maximum absolute atomic E-state index is 12.4. The van der Waals surface area contributed by atoms with E-state index in [-0.39, 0.29) is 6.04 Å². The molecule has 7 heteroatoms. The normalized spacial score (nSPS) is 20.0. The van der Waals surface area contributed by atoms with Gasteiger partial charge in [0.15, 0.2) is 0 Å². The number of sulfonamides is 1. The summed E-state index contributed by atoms with van der Waals surface area (Å²) in [5, 5.41) is 9.44. The third-order valence-electron chi connectivity index (χ3n) is 3.76. The van der Waals surface area contributed by atoms with Gasteiger partial charge in [0.25, 0.3) is 0 Å². The Morgan fingerprint density at radius 2 is 1.86 bits per heavy atom. The summed E-state index contributed by atoms with van der Waals surface area (Å²) in [6.45, 7) is 2.90. The van der Waals surface area contributed by atoms with Crippen molar-refractivity contribution in [2.45, 2.75) is 19.4 Å². The first-order chi connectivity index (χ1) is 10.5. The second-order valence-corrected chi connectivity index (χ2v) is 7.23. The topological polar surface area (TPSA) is 68.1 Å². The molecule has 2 aromatic rings. The lowest BCUT2D eigenvalue weighted by Gasteiger charge is -2.13. The molecule has 0 amide bonds. The molecular weight excluding hydrogens is 300 g/mol. The van der Waals surface area contributed by atoms with E-state index in [2.05, 4.69) is 10.2 Å². The predicted molar refractivity (Wildman–Crippen MR) is 84.4 cm³/mol. The molecule has 0 radical (unpaired) electrons. The standard InChI is InChI=1S/C15H18N4O2S/c1-13-2-4-14(5-3-13)7-11-22(20,21)18-10-6-15(12-18)19-16-8-9-17-19/h2-5,7-9,11,15H,6,10,12H2,1H3/b11-7+. The molecule has 0 N–H and O–H groups in total. The molecule has 1 aromatic carbocycles. The van der Waals surface area contributed by atoms with Crippen molar-refractivity contribution in [3.8, 4) is 0 Å². The van der Waals surface area contributed by atoms with Gasteiger partial charge in [0.2, 0.25) is 10.0 Å². The first kappa shape index (κ1) is 14.9. The SMILES string of the molecule is Cc1ccc(/C=C/S(=O)(=O)N2CCC(n3nccn3)C2)cc1. The molecule has 0 spiro atoms.